The second kappa shape index (κ2) is 8.02. The Bertz CT molecular complexity index is 547. The fourth-order valence-electron chi connectivity index (χ4n) is 2.00. The van der Waals surface area contributed by atoms with E-state index < -0.39 is 0 Å². The molecular formula is C18H16Br2S. The highest BCUT2D eigenvalue weighted by molar-refractivity contribution is 9.10. The standard InChI is InChI=1S/C18H16Br2S/c1-3-17(13-5-9-15(19)10-6-13)21-18(4-2)14-7-11-16(20)12-8-14/h3-12,17-18H,1-2H2/t17-,18-/m1/s1. The van der Waals surface area contributed by atoms with Gasteiger partial charge in [-0.05, 0) is 35.4 Å². The molecule has 0 fully saturated rings. The predicted octanol–water partition coefficient (Wildman–Crippen LogP) is 7.10. The van der Waals surface area contributed by atoms with Crippen LogP contribution in [0.2, 0.25) is 0 Å². The lowest BCUT2D eigenvalue weighted by Crippen LogP contribution is -1.96. The van der Waals surface area contributed by atoms with Crippen LogP contribution in [0.15, 0.2) is 82.8 Å². The molecule has 21 heavy (non-hydrogen) atoms. The van der Waals surface area contributed by atoms with E-state index in [9.17, 15) is 0 Å². The quantitative estimate of drug-likeness (QED) is 0.446. The lowest BCUT2D eigenvalue weighted by molar-refractivity contribution is 1.17. The molecule has 0 aliphatic heterocycles. The van der Waals surface area contributed by atoms with E-state index in [1.807, 2.05) is 23.9 Å². The molecule has 0 aliphatic carbocycles. The molecule has 0 unspecified atom stereocenters. The molecule has 0 saturated heterocycles. The molecule has 0 saturated carbocycles. The molecule has 0 spiro atoms. The zero-order chi connectivity index (χ0) is 15.2. The largest absolute Gasteiger partial charge is 0.137 e. The maximum absolute atomic E-state index is 3.98. The summed E-state index contributed by atoms with van der Waals surface area (Å²) >= 11 is 8.78. The molecule has 0 bridgehead atoms. The van der Waals surface area contributed by atoms with E-state index in [1.54, 1.807) is 0 Å². The lowest BCUT2D eigenvalue weighted by atomic mass is 10.1. The third kappa shape index (κ3) is 4.60. The highest BCUT2D eigenvalue weighted by Crippen LogP contribution is 2.42. The minimum atomic E-state index is 0.241. The summed E-state index contributed by atoms with van der Waals surface area (Å²) in [7, 11) is 0. The van der Waals surface area contributed by atoms with Gasteiger partial charge < -0.3 is 0 Å². The summed E-state index contributed by atoms with van der Waals surface area (Å²) in [5.41, 5.74) is 2.50. The first-order valence-electron chi connectivity index (χ1n) is 6.55. The van der Waals surface area contributed by atoms with Crippen LogP contribution in [0.4, 0.5) is 0 Å². The van der Waals surface area contributed by atoms with Gasteiger partial charge in [0.25, 0.3) is 0 Å². The fraction of sp³-hybridized carbons (Fsp3) is 0.111. The molecule has 3 heteroatoms. The molecule has 2 aromatic rings. The van der Waals surface area contributed by atoms with Crippen molar-refractivity contribution in [3.05, 3.63) is 93.9 Å². The second-order valence-corrected chi connectivity index (χ2v) is 7.67. The van der Waals surface area contributed by atoms with Gasteiger partial charge in [0.15, 0.2) is 0 Å². The van der Waals surface area contributed by atoms with Gasteiger partial charge in [-0.25, -0.2) is 0 Å². The van der Waals surface area contributed by atoms with E-state index in [1.165, 1.54) is 11.1 Å². The van der Waals surface area contributed by atoms with Crippen molar-refractivity contribution in [3.63, 3.8) is 0 Å². The van der Waals surface area contributed by atoms with Crippen LogP contribution >= 0.6 is 43.6 Å². The molecule has 2 atom stereocenters. The van der Waals surface area contributed by atoms with Gasteiger partial charge in [-0.2, -0.15) is 0 Å². The molecule has 108 valence electrons. The summed E-state index contributed by atoms with van der Waals surface area (Å²) in [4.78, 5) is 0. The second-order valence-electron chi connectivity index (χ2n) is 4.55. The van der Waals surface area contributed by atoms with Crippen molar-refractivity contribution in [2.24, 2.45) is 0 Å². The lowest BCUT2D eigenvalue weighted by Gasteiger charge is -2.19. The molecule has 0 amide bonds. The summed E-state index contributed by atoms with van der Waals surface area (Å²) in [6, 6.07) is 16.8. The van der Waals surface area contributed by atoms with Gasteiger partial charge in [0, 0.05) is 19.4 Å². The van der Waals surface area contributed by atoms with Crippen LogP contribution in [0.3, 0.4) is 0 Å². The molecule has 2 aromatic carbocycles. The molecule has 0 radical (unpaired) electrons. The summed E-state index contributed by atoms with van der Waals surface area (Å²) in [5, 5.41) is 0.481. The van der Waals surface area contributed by atoms with E-state index in [4.69, 9.17) is 0 Å². The zero-order valence-electron chi connectivity index (χ0n) is 11.5. The van der Waals surface area contributed by atoms with Crippen molar-refractivity contribution < 1.29 is 0 Å². The molecule has 0 nitrogen and oxygen atoms in total. The van der Waals surface area contributed by atoms with Crippen molar-refractivity contribution in [2.45, 2.75) is 10.5 Å². The Hall–Kier alpha value is -0.770. The van der Waals surface area contributed by atoms with Crippen LogP contribution in [-0.2, 0) is 0 Å². The number of thioether (sulfide) groups is 1. The fourth-order valence-corrected chi connectivity index (χ4v) is 3.70. The van der Waals surface area contributed by atoms with Crippen molar-refractivity contribution in [1.82, 2.24) is 0 Å². The molecular weight excluding hydrogens is 408 g/mol. The topological polar surface area (TPSA) is 0 Å². The average molecular weight is 424 g/mol. The maximum atomic E-state index is 3.98. The Balaban J connectivity index is 2.19. The van der Waals surface area contributed by atoms with Gasteiger partial charge >= 0.3 is 0 Å². The first-order valence-corrected chi connectivity index (χ1v) is 9.08. The number of halogens is 2. The van der Waals surface area contributed by atoms with Gasteiger partial charge in [0.05, 0.1) is 0 Å². The molecule has 0 aliphatic rings. The van der Waals surface area contributed by atoms with Crippen molar-refractivity contribution >= 4 is 43.6 Å². The highest BCUT2D eigenvalue weighted by atomic mass is 79.9. The van der Waals surface area contributed by atoms with Crippen LogP contribution in [0.25, 0.3) is 0 Å². The van der Waals surface area contributed by atoms with Crippen LogP contribution in [-0.4, -0.2) is 0 Å². The minimum Gasteiger partial charge on any atom is -0.137 e. The van der Waals surface area contributed by atoms with Gasteiger partial charge in [-0.1, -0.05) is 68.3 Å². The minimum absolute atomic E-state index is 0.241. The normalized spacial score (nSPS) is 13.4. The Morgan fingerprint density at radius 1 is 0.714 bits per heavy atom. The zero-order valence-corrected chi connectivity index (χ0v) is 15.5. The third-order valence-corrected chi connectivity index (χ3v) is 5.69. The highest BCUT2D eigenvalue weighted by Gasteiger charge is 2.15. The van der Waals surface area contributed by atoms with Crippen molar-refractivity contribution in [1.29, 1.82) is 0 Å². The maximum Gasteiger partial charge on any atom is 0.0483 e. The first kappa shape index (κ1) is 16.6. The Morgan fingerprint density at radius 3 is 1.33 bits per heavy atom. The summed E-state index contributed by atoms with van der Waals surface area (Å²) in [6.07, 6.45) is 3.98. The SMILES string of the molecule is C=C[C@@H](S[C@H](C=C)c1ccc(Br)cc1)c1ccc(Br)cc1. The Morgan fingerprint density at radius 2 is 1.05 bits per heavy atom. The number of hydrogen-bond donors (Lipinski definition) is 0. The predicted molar refractivity (Wildman–Crippen MR) is 102 cm³/mol. The number of benzene rings is 2. The van der Waals surface area contributed by atoms with E-state index in [2.05, 4.69) is 93.5 Å². The van der Waals surface area contributed by atoms with Gasteiger partial charge in [0.1, 0.15) is 0 Å². The smallest absolute Gasteiger partial charge is 0.0483 e. The number of rotatable bonds is 6. The third-order valence-electron chi connectivity index (χ3n) is 3.12. The Labute approximate surface area is 147 Å². The first-order chi connectivity index (χ1) is 10.1. The van der Waals surface area contributed by atoms with Gasteiger partial charge in [-0.3, -0.25) is 0 Å². The van der Waals surface area contributed by atoms with Crippen LogP contribution < -0.4 is 0 Å². The van der Waals surface area contributed by atoms with Crippen LogP contribution in [0.1, 0.15) is 21.6 Å². The van der Waals surface area contributed by atoms with Crippen LogP contribution in [0.5, 0.6) is 0 Å². The van der Waals surface area contributed by atoms with E-state index in [0.29, 0.717) is 0 Å². The molecule has 2 rings (SSSR count). The molecule has 0 N–H and O–H groups in total. The summed E-state index contributed by atoms with van der Waals surface area (Å²) in [5.74, 6) is 0. The molecule has 0 heterocycles. The van der Waals surface area contributed by atoms with Crippen LogP contribution in [0, 0.1) is 0 Å². The van der Waals surface area contributed by atoms with Gasteiger partial charge in [0.2, 0.25) is 0 Å². The van der Waals surface area contributed by atoms with Gasteiger partial charge in [-0.15, -0.1) is 24.9 Å². The van der Waals surface area contributed by atoms with E-state index in [-0.39, 0.29) is 10.5 Å². The molecule has 0 aromatic heterocycles. The van der Waals surface area contributed by atoms with Crippen molar-refractivity contribution in [2.75, 3.05) is 0 Å². The van der Waals surface area contributed by atoms with E-state index >= 15 is 0 Å². The summed E-state index contributed by atoms with van der Waals surface area (Å²) < 4.78 is 2.18. The van der Waals surface area contributed by atoms with E-state index in [0.717, 1.165) is 8.95 Å². The van der Waals surface area contributed by atoms with Crippen molar-refractivity contribution in [3.8, 4) is 0 Å². The monoisotopic (exact) mass is 422 g/mol. The average Bonchev–Trinajstić information content (AvgIpc) is 2.51. The number of hydrogen-bond acceptors (Lipinski definition) is 1. The Kier molecular flexibility index (Phi) is 6.34. The summed E-state index contributed by atoms with van der Waals surface area (Å²) in [6.45, 7) is 7.96.